The Morgan fingerprint density at radius 2 is 1.82 bits per heavy atom. The highest BCUT2D eigenvalue weighted by Gasteiger charge is 2.16. The van der Waals surface area contributed by atoms with E-state index in [9.17, 15) is 13.2 Å². The molecule has 28 heavy (non-hydrogen) atoms. The molecule has 154 valence electrons. The number of aromatic nitrogens is 2. The lowest BCUT2D eigenvalue weighted by molar-refractivity contribution is -0.121. The molecule has 8 heteroatoms. The second-order valence-corrected chi connectivity index (χ2v) is 9.10. The average molecular weight is 407 g/mol. The summed E-state index contributed by atoms with van der Waals surface area (Å²) in [5, 5.41) is 7.27. The highest BCUT2D eigenvalue weighted by Crippen LogP contribution is 2.15. The molecule has 2 aromatic rings. The maximum atomic E-state index is 12.3. The summed E-state index contributed by atoms with van der Waals surface area (Å²) in [5.74, 6) is -0.175. The van der Waals surface area contributed by atoms with E-state index in [4.69, 9.17) is 0 Å². The van der Waals surface area contributed by atoms with Gasteiger partial charge in [0.05, 0.1) is 11.4 Å². The van der Waals surface area contributed by atoms with Crippen LogP contribution in [0.15, 0.2) is 24.3 Å². The summed E-state index contributed by atoms with van der Waals surface area (Å²) in [6.45, 7) is 7.82. The van der Waals surface area contributed by atoms with E-state index in [0.717, 1.165) is 22.5 Å². The monoisotopic (exact) mass is 406 g/mol. The minimum atomic E-state index is -3.42. The number of carbonyl (C=O) groups is 1. The van der Waals surface area contributed by atoms with Gasteiger partial charge in [0, 0.05) is 31.7 Å². The van der Waals surface area contributed by atoms with Gasteiger partial charge in [0.1, 0.15) is 0 Å². The van der Waals surface area contributed by atoms with Gasteiger partial charge in [-0.3, -0.25) is 9.48 Å². The number of benzene rings is 1. The Labute approximate surface area is 167 Å². The predicted molar refractivity (Wildman–Crippen MR) is 110 cm³/mol. The van der Waals surface area contributed by atoms with Crippen LogP contribution >= 0.6 is 0 Å². The van der Waals surface area contributed by atoms with Crippen LogP contribution in [0.3, 0.4) is 0 Å². The fourth-order valence-corrected chi connectivity index (χ4v) is 4.67. The molecule has 0 aliphatic rings. The maximum absolute atomic E-state index is 12.3. The molecule has 0 atom stereocenters. The third kappa shape index (κ3) is 6.17. The molecule has 0 bridgehead atoms. The largest absolute Gasteiger partial charge is 0.352 e. The summed E-state index contributed by atoms with van der Waals surface area (Å²) >= 11 is 0. The fraction of sp³-hybridized carbons (Fsp3) is 0.500. The molecule has 1 aromatic heterocycles. The maximum Gasteiger partial charge on any atom is 0.220 e. The normalized spacial score (nSPS) is 11.8. The first-order valence-electron chi connectivity index (χ1n) is 9.41. The Morgan fingerprint density at radius 1 is 1.18 bits per heavy atom. The van der Waals surface area contributed by atoms with E-state index in [0.29, 0.717) is 24.9 Å². The number of hydrogen-bond acceptors (Lipinski definition) is 4. The van der Waals surface area contributed by atoms with E-state index < -0.39 is 10.0 Å². The first kappa shape index (κ1) is 22.1. The number of nitrogens with one attached hydrogen (secondary N) is 2. The summed E-state index contributed by atoms with van der Waals surface area (Å²) in [5.41, 5.74) is 4.61. The zero-order valence-electron chi connectivity index (χ0n) is 17.2. The number of aryl methyl sites for hydroxylation is 2. The number of carbonyl (C=O) groups excluding carboxylic acids is 1. The van der Waals surface area contributed by atoms with Crippen LogP contribution in [0.5, 0.6) is 0 Å². The van der Waals surface area contributed by atoms with Crippen LogP contribution in [0.4, 0.5) is 0 Å². The number of amides is 1. The Kier molecular flexibility index (Phi) is 7.37. The highest BCUT2D eigenvalue weighted by molar-refractivity contribution is 7.88. The first-order valence-corrected chi connectivity index (χ1v) is 11.1. The quantitative estimate of drug-likeness (QED) is 0.667. The predicted octanol–water partition coefficient (Wildman–Crippen LogP) is 2.11. The van der Waals surface area contributed by atoms with Crippen molar-refractivity contribution in [3.63, 3.8) is 0 Å². The molecule has 0 spiro atoms. The van der Waals surface area contributed by atoms with Crippen molar-refractivity contribution in [3.8, 4) is 0 Å². The molecule has 0 saturated carbocycles. The van der Waals surface area contributed by atoms with Gasteiger partial charge >= 0.3 is 0 Å². The van der Waals surface area contributed by atoms with Crippen molar-refractivity contribution in [1.82, 2.24) is 19.8 Å². The lowest BCUT2D eigenvalue weighted by Gasteiger charge is -2.13. The van der Waals surface area contributed by atoms with E-state index in [1.54, 1.807) is 26.0 Å². The van der Waals surface area contributed by atoms with Gasteiger partial charge in [0.15, 0.2) is 0 Å². The van der Waals surface area contributed by atoms with E-state index >= 15 is 0 Å². The number of sulfonamides is 1. The Bertz CT molecular complexity index is 933. The topological polar surface area (TPSA) is 93.1 Å². The van der Waals surface area contributed by atoms with Crippen molar-refractivity contribution < 1.29 is 13.2 Å². The molecule has 1 heterocycles. The van der Waals surface area contributed by atoms with Crippen molar-refractivity contribution in [2.75, 3.05) is 0 Å². The van der Waals surface area contributed by atoms with Gasteiger partial charge in [-0.1, -0.05) is 24.3 Å². The van der Waals surface area contributed by atoms with Crippen LogP contribution in [0, 0.1) is 13.8 Å². The number of rotatable bonds is 9. The van der Waals surface area contributed by atoms with E-state index in [-0.39, 0.29) is 17.7 Å². The van der Waals surface area contributed by atoms with Crippen LogP contribution in [0.2, 0.25) is 0 Å². The van der Waals surface area contributed by atoms with Crippen LogP contribution in [-0.2, 0) is 40.6 Å². The van der Waals surface area contributed by atoms with Gasteiger partial charge in [-0.2, -0.15) is 5.10 Å². The highest BCUT2D eigenvalue weighted by atomic mass is 32.2. The molecule has 0 fully saturated rings. The number of hydrogen-bond donors (Lipinski definition) is 2. The number of nitrogens with zero attached hydrogens (tertiary/aromatic N) is 2. The van der Waals surface area contributed by atoms with Gasteiger partial charge in [-0.15, -0.1) is 0 Å². The molecule has 0 aliphatic carbocycles. The van der Waals surface area contributed by atoms with Crippen LogP contribution in [0.25, 0.3) is 0 Å². The lowest BCUT2D eigenvalue weighted by atomic mass is 10.1. The van der Waals surface area contributed by atoms with E-state index in [1.807, 2.05) is 37.7 Å². The third-order valence-corrected chi connectivity index (χ3v) is 6.14. The molecule has 0 aliphatic heterocycles. The van der Waals surface area contributed by atoms with Crippen molar-refractivity contribution >= 4 is 15.9 Å². The average Bonchev–Trinajstić information content (AvgIpc) is 2.83. The van der Waals surface area contributed by atoms with E-state index in [2.05, 4.69) is 15.1 Å². The second kappa shape index (κ2) is 9.34. The Balaban J connectivity index is 1.96. The molecule has 7 nitrogen and oxygen atoms in total. The summed E-state index contributed by atoms with van der Waals surface area (Å²) in [6, 6.07) is 7.12. The Hall–Kier alpha value is -2.19. The van der Waals surface area contributed by atoms with Gasteiger partial charge < -0.3 is 5.32 Å². The zero-order chi connectivity index (χ0) is 20.9. The van der Waals surface area contributed by atoms with Crippen LogP contribution < -0.4 is 10.0 Å². The molecule has 0 radical (unpaired) electrons. The molecule has 2 rings (SSSR count). The summed E-state index contributed by atoms with van der Waals surface area (Å²) in [4.78, 5) is 12.3. The first-order chi connectivity index (χ1) is 13.1. The molecular weight excluding hydrogens is 376 g/mol. The minimum Gasteiger partial charge on any atom is -0.352 e. The summed E-state index contributed by atoms with van der Waals surface area (Å²) < 4.78 is 28.9. The van der Waals surface area contributed by atoms with Crippen LogP contribution in [0.1, 0.15) is 48.3 Å². The Morgan fingerprint density at radius 3 is 2.39 bits per heavy atom. The van der Waals surface area contributed by atoms with Crippen molar-refractivity contribution in [1.29, 1.82) is 0 Å². The molecule has 2 N–H and O–H groups in total. The SMILES string of the molecule is Cc1nn(C)c(C)c1CCC(=O)NCc1ccccc1CS(=O)(=O)NC(C)C. The molecule has 1 aromatic carbocycles. The smallest absolute Gasteiger partial charge is 0.220 e. The third-order valence-electron chi connectivity index (χ3n) is 4.62. The summed E-state index contributed by atoms with van der Waals surface area (Å²) in [6.07, 6.45) is 0.994. The van der Waals surface area contributed by atoms with Gasteiger partial charge in [-0.05, 0) is 50.8 Å². The standard InChI is InChI=1S/C20H30N4O3S/c1-14(2)23-28(26,27)13-18-9-7-6-8-17(18)12-21-20(25)11-10-19-15(3)22-24(5)16(19)4/h6-9,14,23H,10-13H2,1-5H3,(H,21,25). The second-order valence-electron chi connectivity index (χ2n) is 7.35. The summed E-state index contributed by atoms with van der Waals surface area (Å²) in [7, 11) is -1.53. The van der Waals surface area contributed by atoms with Crippen LogP contribution in [-0.4, -0.2) is 30.1 Å². The zero-order valence-corrected chi connectivity index (χ0v) is 18.1. The fourth-order valence-electron chi connectivity index (χ4n) is 3.18. The van der Waals surface area contributed by atoms with Crippen molar-refractivity contribution in [2.45, 2.75) is 58.9 Å². The van der Waals surface area contributed by atoms with Crippen molar-refractivity contribution in [2.24, 2.45) is 7.05 Å². The lowest BCUT2D eigenvalue weighted by Crippen LogP contribution is -2.32. The molecule has 1 amide bonds. The van der Waals surface area contributed by atoms with Gasteiger partial charge in [0.25, 0.3) is 0 Å². The van der Waals surface area contributed by atoms with Gasteiger partial charge in [-0.25, -0.2) is 13.1 Å². The van der Waals surface area contributed by atoms with Crippen molar-refractivity contribution in [3.05, 3.63) is 52.3 Å². The molecule has 0 unspecified atom stereocenters. The molecule has 0 saturated heterocycles. The minimum absolute atomic E-state index is 0.0689. The van der Waals surface area contributed by atoms with E-state index in [1.165, 1.54) is 0 Å². The van der Waals surface area contributed by atoms with Gasteiger partial charge in [0.2, 0.25) is 15.9 Å². The molecular formula is C20H30N4O3S.